The van der Waals surface area contributed by atoms with Gasteiger partial charge in [-0.15, -0.1) is 0 Å². The average Bonchev–Trinajstić information content (AvgIpc) is 2.66. The van der Waals surface area contributed by atoms with E-state index in [0.29, 0.717) is 29.6 Å². The van der Waals surface area contributed by atoms with Gasteiger partial charge in [0.25, 0.3) is 5.91 Å². The Kier molecular flexibility index (Phi) is 5.70. The molecule has 142 valence electrons. The number of piperidine rings is 1. The first-order valence-corrected chi connectivity index (χ1v) is 8.89. The van der Waals surface area contributed by atoms with Crippen molar-refractivity contribution in [1.82, 2.24) is 15.4 Å². The van der Waals surface area contributed by atoms with Gasteiger partial charge in [-0.05, 0) is 43.0 Å². The smallest absolute Gasteiger partial charge is 0.350 e. The lowest BCUT2D eigenvalue weighted by molar-refractivity contribution is -0.383. The van der Waals surface area contributed by atoms with Crippen LogP contribution in [-0.4, -0.2) is 33.9 Å². The molecule has 2 heterocycles. The zero-order valence-corrected chi connectivity index (χ0v) is 15.4. The van der Waals surface area contributed by atoms with Gasteiger partial charge in [0.1, 0.15) is 6.33 Å². The zero-order chi connectivity index (χ0) is 19.4. The van der Waals surface area contributed by atoms with Crippen LogP contribution in [0.1, 0.15) is 30.1 Å². The summed E-state index contributed by atoms with van der Waals surface area (Å²) < 4.78 is 0. The van der Waals surface area contributed by atoms with Crippen LogP contribution in [0.2, 0.25) is 5.02 Å². The molecule has 27 heavy (non-hydrogen) atoms. The monoisotopic (exact) mass is 390 g/mol. The SMILES string of the molecule is CC1CCCN(c2ncnc(NNC(=O)c3ccc(Cl)cc3)c2[N+](=O)[O-])C1. The molecule has 2 N–H and O–H groups in total. The number of anilines is 2. The van der Waals surface area contributed by atoms with Crippen molar-refractivity contribution in [1.29, 1.82) is 0 Å². The molecular formula is C17H19ClN6O3. The van der Waals surface area contributed by atoms with Gasteiger partial charge in [0.15, 0.2) is 0 Å². The highest BCUT2D eigenvalue weighted by Gasteiger charge is 2.29. The van der Waals surface area contributed by atoms with Crippen molar-refractivity contribution in [2.45, 2.75) is 19.8 Å². The van der Waals surface area contributed by atoms with Gasteiger partial charge in [-0.3, -0.25) is 25.8 Å². The highest BCUT2D eigenvalue weighted by molar-refractivity contribution is 6.30. The summed E-state index contributed by atoms with van der Waals surface area (Å²) >= 11 is 5.80. The first kappa shape index (κ1) is 18.8. The molecule has 1 atom stereocenters. The summed E-state index contributed by atoms with van der Waals surface area (Å²) in [5.74, 6) is 0.150. The Bertz CT molecular complexity index is 845. The standard InChI is InChI=1S/C17H19ClN6O3/c1-11-3-2-8-23(9-11)16-14(24(26)27)15(19-10-20-16)21-22-17(25)12-4-6-13(18)7-5-12/h4-7,10-11H,2-3,8-9H2,1H3,(H,22,25)(H,19,20,21). The van der Waals surface area contributed by atoms with Crippen LogP contribution >= 0.6 is 11.6 Å². The summed E-state index contributed by atoms with van der Waals surface area (Å²) in [4.78, 5) is 33.3. The normalized spacial score (nSPS) is 16.7. The van der Waals surface area contributed by atoms with Crippen LogP contribution in [0.4, 0.5) is 17.3 Å². The average molecular weight is 391 g/mol. The van der Waals surface area contributed by atoms with Gasteiger partial charge in [0.2, 0.25) is 11.6 Å². The highest BCUT2D eigenvalue weighted by Crippen LogP contribution is 2.33. The van der Waals surface area contributed by atoms with Crippen molar-refractivity contribution in [3.05, 3.63) is 51.3 Å². The molecule has 1 aliphatic heterocycles. The maximum atomic E-state index is 12.2. The minimum absolute atomic E-state index is 0.0643. The Morgan fingerprint density at radius 1 is 1.33 bits per heavy atom. The summed E-state index contributed by atoms with van der Waals surface area (Å²) in [6.45, 7) is 3.48. The van der Waals surface area contributed by atoms with Crippen LogP contribution in [0.5, 0.6) is 0 Å². The fraction of sp³-hybridized carbons (Fsp3) is 0.353. The van der Waals surface area contributed by atoms with Crippen LogP contribution in [-0.2, 0) is 0 Å². The van der Waals surface area contributed by atoms with E-state index in [0.717, 1.165) is 12.8 Å². The molecule has 1 aromatic carbocycles. The van der Waals surface area contributed by atoms with Gasteiger partial charge < -0.3 is 4.90 Å². The van der Waals surface area contributed by atoms with Gasteiger partial charge >= 0.3 is 5.69 Å². The largest absolute Gasteiger partial charge is 0.355 e. The van der Waals surface area contributed by atoms with Crippen LogP contribution < -0.4 is 15.8 Å². The minimum Gasteiger partial charge on any atom is -0.350 e. The number of rotatable bonds is 5. The molecule has 0 spiro atoms. The third-order valence-corrected chi connectivity index (χ3v) is 4.59. The first-order chi connectivity index (χ1) is 13.0. The number of carbonyl (C=O) groups excluding carboxylic acids is 1. The van der Waals surface area contributed by atoms with E-state index in [2.05, 4.69) is 27.7 Å². The number of carbonyl (C=O) groups is 1. The summed E-state index contributed by atoms with van der Waals surface area (Å²) in [6, 6.07) is 6.26. The topological polar surface area (TPSA) is 113 Å². The maximum Gasteiger partial charge on any atom is 0.355 e. The van der Waals surface area contributed by atoms with E-state index in [1.165, 1.54) is 6.33 Å². The molecule has 1 aliphatic rings. The van der Waals surface area contributed by atoms with Crippen LogP contribution in [0.15, 0.2) is 30.6 Å². The van der Waals surface area contributed by atoms with Crippen LogP contribution in [0.3, 0.4) is 0 Å². The van der Waals surface area contributed by atoms with Crippen LogP contribution in [0, 0.1) is 16.0 Å². The second-order valence-corrected chi connectivity index (χ2v) is 6.87. The molecule has 0 aliphatic carbocycles. The molecule has 1 saturated heterocycles. The van der Waals surface area contributed by atoms with Gasteiger partial charge in [-0.2, -0.15) is 0 Å². The summed E-state index contributed by atoms with van der Waals surface area (Å²) in [5.41, 5.74) is 5.06. The summed E-state index contributed by atoms with van der Waals surface area (Å²) in [5, 5.41) is 12.2. The van der Waals surface area contributed by atoms with E-state index in [1.807, 2.05) is 4.90 Å². The Morgan fingerprint density at radius 3 is 2.74 bits per heavy atom. The van der Waals surface area contributed by atoms with E-state index in [9.17, 15) is 14.9 Å². The first-order valence-electron chi connectivity index (χ1n) is 8.52. The molecule has 9 nitrogen and oxygen atoms in total. The number of nitrogens with one attached hydrogen (secondary N) is 2. The lowest BCUT2D eigenvalue weighted by Crippen LogP contribution is -2.36. The molecule has 1 amide bonds. The Balaban J connectivity index is 1.80. The number of halogens is 1. The van der Waals surface area contributed by atoms with Crippen molar-refractivity contribution in [2.75, 3.05) is 23.4 Å². The third kappa shape index (κ3) is 4.43. The Morgan fingerprint density at radius 2 is 2.07 bits per heavy atom. The number of aromatic nitrogens is 2. The van der Waals surface area contributed by atoms with E-state index >= 15 is 0 Å². The number of hydrogen-bond donors (Lipinski definition) is 2. The molecule has 0 bridgehead atoms. The number of benzene rings is 1. The number of hydrogen-bond acceptors (Lipinski definition) is 7. The fourth-order valence-corrected chi connectivity index (χ4v) is 3.16. The van der Waals surface area contributed by atoms with Gasteiger partial charge in [0.05, 0.1) is 4.92 Å². The predicted octanol–water partition coefficient (Wildman–Crippen LogP) is 3.03. The van der Waals surface area contributed by atoms with Crippen molar-refractivity contribution in [3.8, 4) is 0 Å². The summed E-state index contributed by atoms with van der Waals surface area (Å²) in [7, 11) is 0. The number of nitrogens with zero attached hydrogens (tertiary/aromatic N) is 4. The van der Waals surface area contributed by atoms with Crippen molar-refractivity contribution >= 4 is 34.8 Å². The van der Waals surface area contributed by atoms with Gasteiger partial charge in [0, 0.05) is 23.7 Å². The second-order valence-electron chi connectivity index (χ2n) is 6.43. The Hall–Kier alpha value is -2.94. The zero-order valence-electron chi connectivity index (χ0n) is 14.7. The molecule has 1 unspecified atom stereocenters. The van der Waals surface area contributed by atoms with Gasteiger partial charge in [-0.25, -0.2) is 9.97 Å². The molecule has 3 rings (SSSR count). The quantitative estimate of drug-likeness (QED) is 0.595. The molecule has 0 saturated carbocycles. The lowest BCUT2D eigenvalue weighted by atomic mass is 10.0. The third-order valence-electron chi connectivity index (χ3n) is 4.34. The number of amides is 1. The molecular weight excluding hydrogens is 372 g/mol. The van der Waals surface area contributed by atoms with Crippen LogP contribution in [0.25, 0.3) is 0 Å². The Labute approximate surface area is 160 Å². The molecule has 1 aromatic heterocycles. The van der Waals surface area contributed by atoms with E-state index < -0.39 is 10.8 Å². The van der Waals surface area contributed by atoms with Crippen molar-refractivity contribution < 1.29 is 9.72 Å². The minimum atomic E-state index is -0.536. The lowest BCUT2D eigenvalue weighted by Gasteiger charge is -2.31. The van der Waals surface area contributed by atoms with Gasteiger partial charge in [-0.1, -0.05) is 18.5 Å². The van der Waals surface area contributed by atoms with Crippen molar-refractivity contribution in [3.63, 3.8) is 0 Å². The summed E-state index contributed by atoms with van der Waals surface area (Å²) in [6.07, 6.45) is 3.27. The van der Waals surface area contributed by atoms with E-state index in [1.54, 1.807) is 24.3 Å². The second kappa shape index (κ2) is 8.17. The molecule has 10 heteroatoms. The molecule has 2 aromatic rings. The number of hydrazine groups is 1. The van der Waals surface area contributed by atoms with E-state index in [-0.39, 0.29) is 17.3 Å². The molecule has 0 radical (unpaired) electrons. The number of nitro groups is 1. The highest BCUT2D eigenvalue weighted by atomic mass is 35.5. The van der Waals surface area contributed by atoms with Crippen molar-refractivity contribution in [2.24, 2.45) is 5.92 Å². The fourth-order valence-electron chi connectivity index (χ4n) is 3.03. The predicted molar refractivity (Wildman–Crippen MR) is 102 cm³/mol. The maximum absolute atomic E-state index is 12.2. The van der Waals surface area contributed by atoms with E-state index in [4.69, 9.17) is 11.6 Å². The molecule has 1 fully saturated rings.